The van der Waals surface area contributed by atoms with Gasteiger partial charge in [0.25, 0.3) is 0 Å². The number of aliphatic hydroxyl groups is 4. The van der Waals surface area contributed by atoms with Gasteiger partial charge in [-0.25, -0.2) is 0 Å². The first kappa shape index (κ1) is 59.2. The fraction of sp³-hybridized carbons (Fsp3) is 0.833. The van der Waals surface area contributed by atoms with E-state index in [4.69, 9.17) is 18.9 Å². The van der Waals surface area contributed by atoms with E-state index < -0.39 is 43.4 Å². The van der Waals surface area contributed by atoms with Crippen molar-refractivity contribution in [3.8, 4) is 0 Å². The Morgan fingerprint density at radius 2 is 0.968 bits per heavy atom. The fourth-order valence-corrected chi connectivity index (χ4v) is 7.96. The van der Waals surface area contributed by atoms with E-state index in [-0.39, 0.29) is 19.2 Å². The number of allylic oxidation sites excluding steroid dienone is 8. The number of unbranched alkanes of at least 4 members (excludes halogenated alkanes) is 26. The number of hydrogen-bond acceptors (Lipinski definition) is 9. The maximum absolute atomic E-state index is 12.8. The molecule has 1 rings (SSSR count). The van der Waals surface area contributed by atoms with E-state index in [1.807, 2.05) is 0 Å². The summed E-state index contributed by atoms with van der Waals surface area (Å²) in [6, 6.07) is 0. The summed E-state index contributed by atoms with van der Waals surface area (Å²) in [6.45, 7) is 4.47. The quantitative estimate of drug-likeness (QED) is 0.0268. The van der Waals surface area contributed by atoms with Crippen LogP contribution >= 0.6 is 0 Å². The minimum atomic E-state index is -1.54. The smallest absolute Gasteiger partial charge is 0.306 e. The normalized spacial score (nSPS) is 20.0. The molecule has 0 bridgehead atoms. The van der Waals surface area contributed by atoms with Crippen LogP contribution in [0.15, 0.2) is 48.6 Å². The number of carbonyl (C=O) groups excluding carboxylic acids is 1. The number of esters is 1. The molecule has 4 N–H and O–H groups in total. The molecule has 0 saturated carbocycles. The first-order valence-corrected chi connectivity index (χ1v) is 26.2. The Morgan fingerprint density at radius 1 is 0.524 bits per heavy atom. The lowest BCUT2D eigenvalue weighted by Crippen LogP contribution is -2.59. The Labute approximate surface area is 386 Å². The lowest BCUT2D eigenvalue weighted by atomic mass is 9.99. The molecular weight excluding hydrogens is 793 g/mol. The van der Waals surface area contributed by atoms with Crippen LogP contribution in [0.2, 0.25) is 0 Å². The summed E-state index contributed by atoms with van der Waals surface area (Å²) in [6.07, 6.45) is 50.1. The molecular formula is C54H98O9. The van der Waals surface area contributed by atoms with Crippen LogP contribution in [0.3, 0.4) is 0 Å². The lowest BCUT2D eigenvalue weighted by molar-refractivity contribution is -0.305. The first-order chi connectivity index (χ1) is 30.9. The molecule has 368 valence electrons. The van der Waals surface area contributed by atoms with Crippen molar-refractivity contribution in [3.63, 3.8) is 0 Å². The van der Waals surface area contributed by atoms with E-state index in [9.17, 15) is 25.2 Å². The number of rotatable bonds is 45. The third-order valence-electron chi connectivity index (χ3n) is 12.0. The summed E-state index contributed by atoms with van der Waals surface area (Å²) in [7, 11) is 0. The lowest BCUT2D eigenvalue weighted by Gasteiger charge is -2.39. The average molecular weight is 891 g/mol. The van der Waals surface area contributed by atoms with E-state index in [0.29, 0.717) is 13.0 Å². The molecule has 1 heterocycles. The van der Waals surface area contributed by atoms with Gasteiger partial charge in [-0.3, -0.25) is 4.79 Å². The van der Waals surface area contributed by atoms with Crippen molar-refractivity contribution in [3.05, 3.63) is 48.6 Å². The predicted octanol–water partition coefficient (Wildman–Crippen LogP) is 12.9. The minimum Gasteiger partial charge on any atom is -0.457 e. The van der Waals surface area contributed by atoms with Gasteiger partial charge in [-0.05, 0) is 51.4 Å². The fourth-order valence-electron chi connectivity index (χ4n) is 7.96. The van der Waals surface area contributed by atoms with Crippen LogP contribution in [0.25, 0.3) is 0 Å². The van der Waals surface area contributed by atoms with Crippen LogP contribution in [-0.4, -0.2) is 89.6 Å². The van der Waals surface area contributed by atoms with Crippen molar-refractivity contribution in [1.82, 2.24) is 0 Å². The zero-order valence-corrected chi connectivity index (χ0v) is 40.6. The standard InChI is InChI=1S/C54H98O9/c1-3-5-7-9-11-13-15-17-19-20-21-22-23-24-25-26-27-28-29-30-32-34-36-38-40-42-44-60-46-48(47-61-54-53(59)52(58)51(57)49(45-55)63-54)62-50(56)43-41-39-37-35-33-31-18-16-14-12-10-8-6-4-2/h5,7,11,13,17,19,21-22,48-49,51-55,57-59H,3-4,6,8-10,12,14-16,18,20,23-47H2,1-2H3/b7-5-,13-11-,19-17-,22-21-. The van der Waals surface area contributed by atoms with E-state index in [1.54, 1.807) is 0 Å². The van der Waals surface area contributed by atoms with Gasteiger partial charge < -0.3 is 39.4 Å². The number of hydrogen-bond donors (Lipinski definition) is 4. The first-order valence-electron chi connectivity index (χ1n) is 26.2. The molecule has 0 aromatic carbocycles. The van der Waals surface area contributed by atoms with Crippen molar-refractivity contribution in [2.45, 2.75) is 263 Å². The van der Waals surface area contributed by atoms with Gasteiger partial charge in [0.2, 0.25) is 0 Å². The number of carbonyl (C=O) groups is 1. The molecule has 1 aliphatic heterocycles. The van der Waals surface area contributed by atoms with Crippen LogP contribution in [0.1, 0.15) is 226 Å². The molecule has 1 saturated heterocycles. The number of aliphatic hydroxyl groups excluding tert-OH is 4. The summed E-state index contributed by atoms with van der Waals surface area (Å²) in [5.74, 6) is -0.312. The van der Waals surface area contributed by atoms with Crippen LogP contribution < -0.4 is 0 Å². The summed E-state index contributed by atoms with van der Waals surface area (Å²) in [5.41, 5.74) is 0. The van der Waals surface area contributed by atoms with Gasteiger partial charge in [0.05, 0.1) is 19.8 Å². The van der Waals surface area contributed by atoms with E-state index >= 15 is 0 Å². The predicted molar refractivity (Wildman–Crippen MR) is 261 cm³/mol. The summed E-state index contributed by atoms with van der Waals surface area (Å²) >= 11 is 0. The molecule has 63 heavy (non-hydrogen) atoms. The van der Waals surface area contributed by atoms with Gasteiger partial charge in [0, 0.05) is 13.0 Å². The topological polar surface area (TPSA) is 135 Å². The molecule has 0 amide bonds. The largest absolute Gasteiger partial charge is 0.457 e. The van der Waals surface area contributed by atoms with Gasteiger partial charge in [-0.1, -0.05) is 217 Å². The molecule has 9 heteroatoms. The van der Waals surface area contributed by atoms with E-state index in [2.05, 4.69) is 62.5 Å². The van der Waals surface area contributed by atoms with Crippen LogP contribution in [0.5, 0.6) is 0 Å². The Balaban J connectivity index is 2.15. The van der Waals surface area contributed by atoms with Gasteiger partial charge in [-0.15, -0.1) is 0 Å². The van der Waals surface area contributed by atoms with Crippen molar-refractivity contribution in [2.75, 3.05) is 26.4 Å². The highest BCUT2D eigenvalue weighted by atomic mass is 16.7. The second-order valence-corrected chi connectivity index (χ2v) is 17.9. The maximum atomic E-state index is 12.8. The Morgan fingerprint density at radius 3 is 1.46 bits per heavy atom. The van der Waals surface area contributed by atoms with Gasteiger partial charge in [-0.2, -0.15) is 0 Å². The monoisotopic (exact) mass is 891 g/mol. The third kappa shape index (κ3) is 36.0. The van der Waals surface area contributed by atoms with Crippen molar-refractivity contribution in [2.24, 2.45) is 0 Å². The minimum absolute atomic E-state index is 0.111. The molecule has 1 aliphatic rings. The SMILES string of the molecule is CC/C=C\C/C=C\C/C=C\C/C=C\CCCCCCCCCCCCCCCOCC(COC1OC(CO)C(O)C(O)C1O)OC(=O)CCCCCCCCCCCCCCCC. The Bertz CT molecular complexity index is 1100. The molecule has 1 fully saturated rings. The highest BCUT2D eigenvalue weighted by Crippen LogP contribution is 2.23. The van der Waals surface area contributed by atoms with Crippen molar-refractivity contribution < 1.29 is 44.2 Å². The highest BCUT2D eigenvalue weighted by molar-refractivity contribution is 5.69. The zero-order valence-electron chi connectivity index (χ0n) is 40.6. The molecule has 6 unspecified atom stereocenters. The van der Waals surface area contributed by atoms with Gasteiger partial charge >= 0.3 is 5.97 Å². The molecule has 0 spiro atoms. The summed E-state index contributed by atoms with van der Waals surface area (Å²) in [5, 5.41) is 40.2. The molecule has 0 aliphatic carbocycles. The maximum Gasteiger partial charge on any atom is 0.306 e. The van der Waals surface area contributed by atoms with E-state index in [0.717, 1.165) is 57.8 Å². The summed E-state index contributed by atoms with van der Waals surface area (Å²) < 4.78 is 22.9. The number of ether oxygens (including phenoxy) is 4. The molecule has 6 atom stereocenters. The highest BCUT2D eigenvalue weighted by Gasteiger charge is 2.44. The Hall–Kier alpha value is -1.85. The van der Waals surface area contributed by atoms with E-state index in [1.165, 1.54) is 148 Å². The molecule has 9 nitrogen and oxygen atoms in total. The zero-order chi connectivity index (χ0) is 45.7. The van der Waals surface area contributed by atoms with Crippen molar-refractivity contribution >= 4 is 5.97 Å². The van der Waals surface area contributed by atoms with Crippen LogP contribution in [0, 0.1) is 0 Å². The van der Waals surface area contributed by atoms with Crippen LogP contribution in [0.4, 0.5) is 0 Å². The second-order valence-electron chi connectivity index (χ2n) is 17.9. The molecule has 0 aromatic heterocycles. The van der Waals surface area contributed by atoms with Crippen molar-refractivity contribution in [1.29, 1.82) is 0 Å². The Kier molecular flexibility index (Phi) is 42.6. The molecule has 0 radical (unpaired) electrons. The average Bonchev–Trinajstić information content (AvgIpc) is 3.28. The van der Waals surface area contributed by atoms with Gasteiger partial charge in [0.15, 0.2) is 6.29 Å². The van der Waals surface area contributed by atoms with Gasteiger partial charge in [0.1, 0.15) is 30.5 Å². The third-order valence-corrected chi connectivity index (χ3v) is 12.0. The summed E-state index contributed by atoms with van der Waals surface area (Å²) in [4.78, 5) is 12.8. The van der Waals surface area contributed by atoms with Crippen LogP contribution in [-0.2, 0) is 23.7 Å². The molecule has 0 aromatic rings. The second kappa shape index (κ2) is 45.3.